The summed E-state index contributed by atoms with van der Waals surface area (Å²) in [5.74, 6) is 0.267. The Balaban J connectivity index is 2.72. The van der Waals surface area contributed by atoms with Crippen molar-refractivity contribution < 1.29 is 13.5 Å². The third-order valence-corrected chi connectivity index (χ3v) is 4.74. The van der Waals surface area contributed by atoms with E-state index in [0.29, 0.717) is 13.0 Å². The van der Waals surface area contributed by atoms with Gasteiger partial charge in [-0.1, -0.05) is 6.92 Å². The molecule has 1 heterocycles. The average Bonchev–Trinajstić information content (AvgIpc) is 2.42. The molecule has 1 aliphatic heterocycles. The van der Waals surface area contributed by atoms with Gasteiger partial charge in [0.25, 0.3) is 0 Å². The number of sulfonamides is 1. The standard InChI is InChI=1S/C8H17NO3S/c1-7(6-10)8(2)9-4-3-5-13(9,11)12/h7-8,10H,3-6H2,1-2H3. The topological polar surface area (TPSA) is 57.6 Å². The minimum absolute atomic E-state index is 0.00729. The van der Waals surface area contributed by atoms with E-state index in [0.717, 1.165) is 0 Å². The molecule has 0 aromatic carbocycles. The zero-order chi connectivity index (χ0) is 10.1. The highest BCUT2D eigenvalue weighted by Gasteiger charge is 2.34. The van der Waals surface area contributed by atoms with E-state index in [1.165, 1.54) is 4.31 Å². The second-order valence-electron chi connectivity index (χ2n) is 3.68. The van der Waals surface area contributed by atoms with Crippen molar-refractivity contribution in [3.05, 3.63) is 0 Å². The molecule has 1 N–H and O–H groups in total. The van der Waals surface area contributed by atoms with Gasteiger partial charge in [0.1, 0.15) is 0 Å². The Labute approximate surface area is 79.6 Å². The van der Waals surface area contributed by atoms with Crippen molar-refractivity contribution >= 4 is 10.0 Å². The molecule has 1 aliphatic rings. The lowest BCUT2D eigenvalue weighted by atomic mass is 10.1. The average molecular weight is 207 g/mol. The Morgan fingerprint density at radius 1 is 1.46 bits per heavy atom. The van der Waals surface area contributed by atoms with Crippen LogP contribution in [0.25, 0.3) is 0 Å². The Bertz CT molecular complexity index is 263. The minimum atomic E-state index is -3.02. The van der Waals surface area contributed by atoms with Gasteiger partial charge in [-0.05, 0) is 19.3 Å². The van der Waals surface area contributed by atoms with Gasteiger partial charge < -0.3 is 5.11 Å². The van der Waals surface area contributed by atoms with Crippen molar-refractivity contribution in [1.82, 2.24) is 4.31 Å². The van der Waals surface area contributed by atoms with Crippen molar-refractivity contribution in [1.29, 1.82) is 0 Å². The molecule has 0 aromatic rings. The van der Waals surface area contributed by atoms with E-state index in [4.69, 9.17) is 5.11 Å². The molecular weight excluding hydrogens is 190 g/mol. The zero-order valence-electron chi connectivity index (χ0n) is 8.10. The molecule has 4 nitrogen and oxygen atoms in total. The van der Waals surface area contributed by atoms with Gasteiger partial charge in [-0.15, -0.1) is 0 Å². The molecule has 13 heavy (non-hydrogen) atoms. The molecule has 0 radical (unpaired) electrons. The van der Waals surface area contributed by atoms with E-state index in [1.807, 2.05) is 13.8 Å². The second-order valence-corrected chi connectivity index (χ2v) is 5.72. The van der Waals surface area contributed by atoms with E-state index < -0.39 is 10.0 Å². The summed E-state index contributed by atoms with van der Waals surface area (Å²) in [6, 6.07) is -0.0856. The highest BCUT2D eigenvalue weighted by molar-refractivity contribution is 7.89. The minimum Gasteiger partial charge on any atom is -0.396 e. The van der Waals surface area contributed by atoms with Crippen LogP contribution in [0.3, 0.4) is 0 Å². The molecule has 0 bridgehead atoms. The van der Waals surface area contributed by atoms with Crippen LogP contribution in [0.15, 0.2) is 0 Å². The van der Waals surface area contributed by atoms with Crippen LogP contribution in [0.5, 0.6) is 0 Å². The molecule has 1 saturated heterocycles. The van der Waals surface area contributed by atoms with Crippen LogP contribution >= 0.6 is 0 Å². The molecule has 1 fully saturated rings. The maximum atomic E-state index is 11.5. The summed E-state index contributed by atoms with van der Waals surface area (Å²) in [5.41, 5.74) is 0. The molecule has 2 unspecified atom stereocenters. The lowest BCUT2D eigenvalue weighted by Gasteiger charge is -2.26. The quantitative estimate of drug-likeness (QED) is 0.711. The summed E-state index contributed by atoms with van der Waals surface area (Å²) in [5, 5.41) is 8.91. The first kappa shape index (κ1) is 10.9. The van der Waals surface area contributed by atoms with Gasteiger partial charge in [0.2, 0.25) is 10.0 Å². The fourth-order valence-corrected chi connectivity index (χ4v) is 3.40. The maximum absolute atomic E-state index is 11.5. The summed E-state index contributed by atoms with van der Waals surface area (Å²) >= 11 is 0. The van der Waals surface area contributed by atoms with E-state index in [1.54, 1.807) is 0 Å². The van der Waals surface area contributed by atoms with Crippen molar-refractivity contribution in [3.8, 4) is 0 Å². The largest absolute Gasteiger partial charge is 0.396 e. The molecule has 5 heteroatoms. The third kappa shape index (κ3) is 2.21. The SMILES string of the molecule is CC(CO)C(C)N1CCCS1(=O)=O. The van der Waals surface area contributed by atoms with Gasteiger partial charge in [-0.3, -0.25) is 0 Å². The van der Waals surface area contributed by atoms with Crippen molar-refractivity contribution in [2.45, 2.75) is 26.3 Å². The highest BCUT2D eigenvalue weighted by atomic mass is 32.2. The van der Waals surface area contributed by atoms with Crippen LogP contribution in [-0.2, 0) is 10.0 Å². The monoisotopic (exact) mass is 207 g/mol. The maximum Gasteiger partial charge on any atom is 0.214 e. The summed E-state index contributed by atoms with van der Waals surface area (Å²) in [7, 11) is -3.02. The van der Waals surface area contributed by atoms with Crippen LogP contribution in [0, 0.1) is 5.92 Å². The zero-order valence-corrected chi connectivity index (χ0v) is 8.92. The van der Waals surface area contributed by atoms with Crippen LogP contribution in [0.2, 0.25) is 0 Å². The van der Waals surface area contributed by atoms with Crippen LogP contribution in [0.4, 0.5) is 0 Å². The molecular formula is C8H17NO3S. The molecule has 2 atom stereocenters. The summed E-state index contributed by atoms with van der Waals surface area (Å²) in [4.78, 5) is 0. The van der Waals surface area contributed by atoms with Gasteiger partial charge in [0.05, 0.1) is 5.75 Å². The van der Waals surface area contributed by atoms with Gasteiger partial charge in [-0.25, -0.2) is 8.42 Å². The fraction of sp³-hybridized carbons (Fsp3) is 1.00. The number of hydrogen-bond acceptors (Lipinski definition) is 3. The Kier molecular flexibility index (Phi) is 3.32. The normalized spacial score (nSPS) is 27.3. The van der Waals surface area contributed by atoms with Crippen molar-refractivity contribution in [3.63, 3.8) is 0 Å². The lowest BCUT2D eigenvalue weighted by molar-refractivity contribution is 0.174. The molecule has 0 aliphatic carbocycles. The Morgan fingerprint density at radius 2 is 2.08 bits per heavy atom. The van der Waals surface area contributed by atoms with Crippen molar-refractivity contribution in [2.75, 3.05) is 18.9 Å². The van der Waals surface area contributed by atoms with Gasteiger partial charge in [0, 0.05) is 19.2 Å². The molecule has 1 rings (SSSR count). The van der Waals surface area contributed by atoms with Crippen LogP contribution in [-0.4, -0.2) is 42.8 Å². The first-order valence-electron chi connectivity index (χ1n) is 4.59. The molecule has 0 amide bonds. The predicted molar refractivity (Wildman–Crippen MR) is 50.8 cm³/mol. The molecule has 0 aromatic heterocycles. The number of aliphatic hydroxyl groups is 1. The summed E-state index contributed by atoms with van der Waals surface area (Å²) in [6.07, 6.45) is 0.713. The van der Waals surface area contributed by atoms with E-state index >= 15 is 0 Å². The Morgan fingerprint density at radius 3 is 2.46 bits per heavy atom. The van der Waals surface area contributed by atoms with Crippen LogP contribution < -0.4 is 0 Å². The molecule has 0 spiro atoms. The van der Waals surface area contributed by atoms with Crippen molar-refractivity contribution in [2.24, 2.45) is 5.92 Å². The first-order valence-corrected chi connectivity index (χ1v) is 6.20. The smallest absolute Gasteiger partial charge is 0.214 e. The fourth-order valence-electron chi connectivity index (χ4n) is 1.55. The van der Waals surface area contributed by atoms with Crippen LogP contribution in [0.1, 0.15) is 20.3 Å². The number of rotatable bonds is 3. The highest BCUT2D eigenvalue weighted by Crippen LogP contribution is 2.21. The predicted octanol–water partition coefficient (Wildman–Crippen LogP) is 0.0388. The first-order chi connectivity index (χ1) is 5.99. The third-order valence-electron chi connectivity index (χ3n) is 2.70. The van der Waals surface area contributed by atoms with Gasteiger partial charge >= 0.3 is 0 Å². The number of hydrogen-bond donors (Lipinski definition) is 1. The van der Waals surface area contributed by atoms with E-state index in [2.05, 4.69) is 0 Å². The van der Waals surface area contributed by atoms with Gasteiger partial charge in [0.15, 0.2) is 0 Å². The van der Waals surface area contributed by atoms with Gasteiger partial charge in [-0.2, -0.15) is 4.31 Å². The van der Waals surface area contributed by atoms with E-state index in [9.17, 15) is 8.42 Å². The van der Waals surface area contributed by atoms with E-state index in [-0.39, 0.29) is 24.3 Å². The summed E-state index contributed by atoms with van der Waals surface area (Å²) < 4.78 is 24.4. The summed E-state index contributed by atoms with van der Waals surface area (Å²) in [6.45, 7) is 4.35. The molecule has 0 saturated carbocycles. The number of aliphatic hydroxyl groups excluding tert-OH is 1. The lowest BCUT2D eigenvalue weighted by Crippen LogP contribution is -2.39. The Hall–Kier alpha value is -0.130. The molecule has 78 valence electrons. The number of nitrogens with zero attached hydrogens (tertiary/aromatic N) is 1. The second kappa shape index (κ2) is 3.94.